The summed E-state index contributed by atoms with van der Waals surface area (Å²) in [7, 11) is 0. The van der Waals surface area contributed by atoms with Gasteiger partial charge in [0.05, 0.1) is 23.6 Å². The van der Waals surface area contributed by atoms with Gasteiger partial charge in [0.25, 0.3) is 0 Å². The van der Waals surface area contributed by atoms with Gasteiger partial charge >= 0.3 is 6.03 Å². The highest BCUT2D eigenvalue weighted by Gasteiger charge is 2.33. The van der Waals surface area contributed by atoms with Gasteiger partial charge in [-0.05, 0) is 12.8 Å². The SMILES string of the molecule is O=C(Nc1cnsn1)NC1CC(c2ccon2)C1. The molecule has 7 nitrogen and oxygen atoms in total. The van der Waals surface area contributed by atoms with Crippen LogP contribution >= 0.6 is 11.7 Å². The number of hydrogen-bond acceptors (Lipinski definition) is 6. The van der Waals surface area contributed by atoms with Crippen LogP contribution < -0.4 is 10.6 Å². The van der Waals surface area contributed by atoms with Crippen LogP contribution in [0.2, 0.25) is 0 Å². The van der Waals surface area contributed by atoms with E-state index in [4.69, 9.17) is 4.52 Å². The molecule has 3 rings (SSSR count). The monoisotopic (exact) mass is 265 g/mol. The molecule has 0 bridgehead atoms. The normalized spacial score (nSPS) is 22.2. The van der Waals surface area contributed by atoms with Crippen molar-refractivity contribution in [3.8, 4) is 0 Å². The summed E-state index contributed by atoms with van der Waals surface area (Å²) in [4.78, 5) is 11.6. The Balaban J connectivity index is 1.44. The van der Waals surface area contributed by atoms with E-state index in [2.05, 4.69) is 24.5 Å². The van der Waals surface area contributed by atoms with Crippen molar-refractivity contribution in [2.24, 2.45) is 0 Å². The molecular weight excluding hydrogens is 254 g/mol. The number of nitrogens with zero attached hydrogens (tertiary/aromatic N) is 3. The van der Waals surface area contributed by atoms with E-state index in [9.17, 15) is 4.79 Å². The quantitative estimate of drug-likeness (QED) is 0.879. The fourth-order valence-electron chi connectivity index (χ4n) is 1.97. The topological polar surface area (TPSA) is 92.9 Å². The Morgan fingerprint density at radius 2 is 2.39 bits per heavy atom. The summed E-state index contributed by atoms with van der Waals surface area (Å²) in [6.45, 7) is 0. The minimum Gasteiger partial charge on any atom is -0.365 e. The highest BCUT2D eigenvalue weighted by atomic mass is 32.1. The molecule has 94 valence electrons. The van der Waals surface area contributed by atoms with Crippen LogP contribution in [0.1, 0.15) is 24.5 Å². The van der Waals surface area contributed by atoms with Gasteiger partial charge in [-0.1, -0.05) is 5.16 Å². The number of carbonyl (C=O) groups is 1. The van der Waals surface area contributed by atoms with E-state index in [1.54, 1.807) is 6.26 Å². The summed E-state index contributed by atoms with van der Waals surface area (Å²) in [5.41, 5.74) is 0.956. The Kier molecular flexibility index (Phi) is 2.93. The summed E-state index contributed by atoms with van der Waals surface area (Å²) < 4.78 is 12.5. The van der Waals surface area contributed by atoms with Gasteiger partial charge in [0.15, 0.2) is 5.82 Å². The van der Waals surface area contributed by atoms with Gasteiger partial charge in [0.2, 0.25) is 0 Å². The number of nitrogens with one attached hydrogen (secondary N) is 2. The molecule has 0 spiro atoms. The Labute approximate surface area is 107 Å². The molecule has 1 saturated carbocycles. The number of aromatic nitrogens is 3. The maximum atomic E-state index is 11.6. The fraction of sp³-hybridized carbons (Fsp3) is 0.400. The summed E-state index contributed by atoms with van der Waals surface area (Å²) in [5.74, 6) is 0.861. The maximum absolute atomic E-state index is 11.6. The number of urea groups is 1. The Morgan fingerprint density at radius 1 is 1.50 bits per heavy atom. The minimum absolute atomic E-state index is 0.179. The van der Waals surface area contributed by atoms with Gasteiger partial charge in [0, 0.05) is 18.0 Å². The van der Waals surface area contributed by atoms with Crippen LogP contribution in [-0.4, -0.2) is 26.0 Å². The van der Waals surface area contributed by atoms with Gasteiger partial charge < -0.3 is 9.84 Å². The summed E-state index contributed by atoms with van der Waals surface area (Å²) >= 11 is 1.06. The van der Waals surface area contributed by atoms with Crippen molar-refractivity contribution in [3.05, 3.63) is 24.2 Å². The zero-order valence-corrected chi connectivity index (χ0v) is 10.2. The van der Waals surface area contributed by atoms with Gasteiger partial charge in [-0.25, -0.2) is 4.79 Å². The third-order valence-corrected chi connectivity index (χ3v) is 3.43. The second-order valence-electron chi connectivity index (χ2n) is 4.18. The van der Waals surface area contributed by atoms with Crippen LogP contribution in [-0.2, 0) is 0 Å². The van der Waals surface area contributed by atoms with Crippen molar-refractivity contribution in [2.45, 2.75) is 24.8 Å². The number of hydrogen-bond donors (Lipinski definition) is 2. The fourth-order valence-corrected chi connectivity index (χ4v) is 2.34. The zero-order valence-electron chi connectivity index (χ0n) is 9.37. The van der Waals surface area contributed by atoms with Crippen molar-refractivity contribution in [1.82, 2.24) is 19.2 Å². The lowest BCUT2D eigenvalue weighted by molar-refractivity contribution is 0.231. The number of carbonyl (C=O) groups excluding carboxylic acids is 1. The molecule has 8 heteroatoms. The van der Waals surface area contributed by atoms with Crippen molar-refractivity contribution >= 4 is 23.6 Å². The van der Waals surface area contributed by atoms with E-state index in [-0.39, 0.29) is 12.1 Å². The lowest BCUT2D eigenvalue weighted by Crippen LogP contribution is -2.45. The second kappa shape index (κ2) is 4.73. The van der Waals surface area contributed by atoms with E-state index >= 15 is 0 Å². The molecule has 0 saturated heterocycles. The molecule has 2 N–H and O–H groups in total. The largest absolute Gasteiger partial charge is 0.365 e. The predicted octanol–water partition coefficient (Wildman–Crippen LogP) is 1.59. The van der Waals surface area contributed by atoms with Gasteiger partial charge in [0.1, 0.15) is 6.26 Å². The Morgan fingerprint density at radius 3 is 3.06 bits per heavy atom. The first-order valence-electron chi connectivity index (χ1n) is 5.56. The average molecular weight is 265 g/mol. The van der Waals surface area contributed by atoms with E-state index < -0.39 is 0 Å². The molecule has 1 fully saturated rings. The lowest BCUT2D eigenvalue weighted by atomic mass is 9.78. The molecule has 0 unspecified atom stereocenters. The molecule has 2 aromatic rings. The average Bonchev–Trinajstić information content (AvgIpc) is 2.94. The molecule has 2 heterocycles. The van der Waals surface area contributed by atoms with Crippen LogP contribution in [0.25, 0.3) is 0 Å². The molecule has 0 atom stereocenters. The molecule has 0 radical (unpaired) electrons. The summed E-state index contributed by atoms with van der Waals surface area (Å²) in [5, 5.41) is 9.39. The minimum atomic E-state index is -0.244. The first kappa shape index (κ1) is 11.1. The van der Waals surface area contributed by atoms with Gasteiger partial charge in [-0.3, -0.25) is 5.32 Å². The first-order chi connectivity index (χ1) is 8.81. The van der Waals surface area contributed by atoms with Crippen molar-refractivity contribution in [1.29, 1.82) is 0 Å². The van der Waals surface area contributed by atoms with E-state index in [0.717, 1.165) is 30.3 Å². The molecule has 1 aliphatic rings. The van der Waals surface area contributed by atoms with Crippen LogP contribution in [0.15, 0.2) is 23.0 Å². The van der Waals surface area contributed by atoms with Crippen LogP contribution in [0.5, 0.6) is 0 Å². The molecule has 2 aromatic heterocycles. The Hall–Kier alpha value is -1.96. The number of amides is 2. The van der Waals surface area contributed by atoms with Crippen LogP contribution in [0.3, 0.4) is 0 Å². The van der Waals surface area contributed by atoms with Crippen LogP contribution in [0.4, 0.5) is 10.6 Å². The van der Waals surface area contributed by atoms with Crippen LogP contribution in [0, 0.1) is 0 Å². The lowest BCUT2D eigenvalue weighted by Gasteiger charge is -2.34. The predicted molar refractivity (Wildman–Crippen MR) is 64.3 cm³/mol. The van der Waals surface area contributed by atoms with E-state index in [1.807, 2.05) is 6.07 Å². The van der Waals surface area contributed by atoms with E-state index in [1.165, 1.54) is 6.20 Å². The number of rotatable bonds is 3. The van der Waals surface area contributed by atoms with Crippen molar-refractivity contribution in [2.75, 3.05) is 5.32 Å². The van der Waals surface area contributed by atoms with Gasteiger partial charge in [-0.15, -0.1) is 0 Å². The zero-order chi connectivity index (χ0) is 12.4. The summed E-state index contributed by atoms with van der Waals surface area (Å²) in [6.07, 6.45) is 4.85. The Bertz CT molecular complexity index is 506. The molecule has 18 heavy (non-hydrogen) atoms. The maximum Gasteiger partial charge on any atom is 0.320 e. The molecule has 1 aliphatic carbocycles. The standard InChI is InChI=1S/C10H11N5O2S/c16-10(13-9-5-11-18-15-9)12-7-3-6(4-7)8-1-2-17-14-8/h1-2,5-7H,3-4H2,(H2,12,13,15,16). The highest BCUT2D eigenvalue weighted by Crippen LogP contribution is 2.35. The number of anilines is 1. The molecule has 2 amide bonds. The summed E-state index contributed by atoms with van der Waals surface area (Å²) in [6, 6.07) is 1.80. The van der Waals surface area contributed by atoms with Crippen molar-refractivity contribution < 1.29 is 9.32 Å². The van der Waals surface area contributed by atoms with Gasteiger partial charge in [-0.2, -0.15) is 8.75 Å². The smallest absolute Gasteiger partial charge is 0.320 e. The second-order valence-corrected chi connectivity index (χ2v) is 4.74. The third-order valence-electron chi connectivity index (χ3n) is 2.95. The first-order valence-corrected chi connectivity index (χ1v) is 6.29. The van der Waals surface area contributed by atoms with E-state index in [0.29, 0.717) is 11.7 Å². The highest BCUT2D eigenvalue weighted by molar-refractivity contribution is 6.99. The molecular formula is C10H11N5O2S. The third kappa shape index (κ3) is 2.33. The van der Waals surface area contributed by atoms with Crippen molar-refractivity contribution in [3.63, 3.8) is 0 Å². The molecule has 0 aliphatic heterocycles. The molecule has 0 aromatic carbocycles.